The monoisotopic (exact) mass is 455 g/mol. The molecule has 1 atom stereocenters. The van der Waals surface area contributed by atoms with E-state index in [1.807, 2.05) is 0 Å². The first kappa shape index (κ1) is 21.5. The van der Waals surface area contributed by atoms with Crippen LogP contribution in [0.3, 0.4) is 0 Å². The molecule has 1 saturated heterocycles. The Morgan fingerprint density at radius 2 is 1.72 bits per heavy atom. The first-order valence-corrected chi connectivity index (χ1v) is 9.85. The molecule has 32 heavy (non-hydrogen) atoms. The minimum Gasteiger partial charge on any atom is -0.507 e. The van der Waals surface area contributed by atoms with Crippen LogP contribution in [0.2, 0.25) is 5.02 Å². The number of Topliss-reactive ketones (excluding diaryl/α,β-unsaturated/α-hetero) is 1. The zero-order chi connectivity index (χ0) is 23.0. The third kappa shape index (κ3) is 3.71. The van der Waals surface area contributed by atoms with Gasteiger partial charge in [-0.15, -0.1) is 0 Å². The Kier molecular flexibility index (Phi) is 5.67. The smallest absolute Gasteiger partial charge is 0.300 e. The van der Waals surface area contributed by atoms with Crippen LogP contribution in [0.4, 0.5) is 14.5 Å². The van der Waals surface area contributed by atoms with E-state index in [9.17, 15) is 23.5 Å². The van der Waals surface area contributed by atoms with Crippen LogP contribution in [0.1, 0.15) is 17.2 Å². The Morgan fingerprint density at radius 3 is 2.38 bits per heavy atom. The summed E-state index contributed by atoms with van der Waals surface area (Å²) >= 11 is 6.24. The van der Waals surface area contributed by atoms with Gasteiger partial charge in [0.2, 0.25) is 0 Å². The van der Waals surface area contributed by atoms with Crippen LogP contribution in [0.25, 0.3) is 5.76 Å². The lowest BCUT2D eigenvalue weighted by Gasteiger charge is -2.25. The average Bonchev–Trinajstić information content (AvgIpc) is 3.05. The molecule has 0 spiro atoms. The minimum atomic E-state index is -1.14. The minimum absolute atomic E-state index is 0.0790. The number of hydrogen-bond donors (Lipinski definition) is 1. The van der Waals surface area contributed by atoms with E-state index < -0.39 is 35.1 Å². The van der Waals surface area contributed by atoms with Crippen LogP contribution in [0, 0.1) is 11.6 Å². The highest BCUT2D eigenvalue weighted by molar-refractivity contribution is 6.52. The second-order valence-electron chi connectivity index (χ2n) is 7.05. The normalized spacial score (nSPS) is 17.6. The number of carbonyl (C=O) groups excluding carboxylic acids is 2. The molecule has 0 saturated carbocycles. The van der Waals surface area contributed by atoms with Crippen molar-refractivity contribution < 1.29 is 28.2 Å². The van der Waals surface area contributed by atoms with E-state index >= 15 is 0 Å². The van der Waals surface area contributed by atoms with Crippen LogP contribution in [0.5, 0.6) is 5.75 Å². The van der Waals surface area contributed by atoms with Crippen LogP contribution >= 0.6 is 11.6 Å². The van der Waals surface area contributed by atoms with Crippen molar-refractivity contribution >= 4 is 34.7 Å². The van der Waals surface area contributed by atoms with Gasteiger partial charge in [-0.3, -0.25) is 14.5 Å². The van der Waals surface area contributed by atoms with Gasteiger partial charge in [0.15, 0.2) is 0 Å². The molecular weight excluding hydrogens is 440 g/mol. The maximum atomic E-state index is 13.9. The number of anilines is 1. The van der Waals surface area contributed by atoms with E-state index in [2.05, 4.69) is 0 Å². The number of ether oxygens (including phenoxy) is 1. The van der Waals surface area contributed by atoms with Crippen molar-refractivity contribution in [3.05, 3.63) is 100 Å². The van der Waals surface area contributed by atoms with E-state index in [-0.39, 0.29) is 21.8 Å². The lowest BCUT2D eigenvalue weighted by Crippen LogP contribution is -2.29. The molecule has 1 unspecified atom stereocenters. The summed E-state index contributed by atoms with van der Waals surface area (Å²) < 4.78 is 32.6. The van der Waals surface area contributed by atoms with Gasteiger partial charge in [0.05, 0.1) is 23.7 Å². The number of halogens is 3. The summed E-state index contributed by atoms with van der Waals surface area (Å²) in [6.07, 6.45) is 0. The van der Waals surface area contributed by atoms with Crippen molar-refractivity contribution in [2.75, 3.05) is 12.0 Å². The molecule has 8 heteroatoms. The molecule has 0 bridgehead atoms. The first-order chi connectivity index (χ1) is 15.3. The second-order valence-corrected chi connectivity index (χ2v) is 7.45. The van der Waals surface area contributed by atoms with Crippen LogP contribution in [0.15, 0.2) is 72.3 Å². The van der Waals surface area contributed by atoms with Crippen molar-refractivity contribution in [2.45, 2.75) is 6.04 Å². The zero-order valence-corrected chi connectivity index (χ0v) is 17.4. The Labute approximate surface area is 187 Å². The van der Waals surface area contributed by atoms with Gasteiger partial charge in [-0.1, -0.05) is 29.8 Å². The third-order valence-corrected chi connectivity index (χ3v) is 5.47. The Balaban J connectivity index is 1.98. The predicted molar refractivity (Wildman–Crippen MR) is 116 cm³/mol. The molecule has 1 N–H and O–H groups in total. The number of aliphatic hydroxyl groups is 1. The quantitative estimate of drug-likeness (QED) is 0.331. The number of benzene rings is 3. The fourth-order valence-electron chi connectivity index (χ4n) is 3.64. The number of ketones is 1. The molecule has 162 valence electrons. The van der Waals surface area contributed by atoms with Gasteiger partial charge >= 0.3 is 0 Å². The summed E-state index contributed by atoms with van der Waals surface area (Å²) in [5.41, 5.74) is 0.268. The fraction of sp³-hybridized carbons (Fsp3) is 0.0833. The number of rotatable bonds is 4. The largest absolute Gasteiger partial charge is 0.507 e. The summed E-state index contributed by atoms with van der Waals surface area (Å²) in [5.74, 6) is -3.25. The van der Waals surface area contributed by atoms with Crippen molar-refractivity contribution in [3.63, 3.8) is 0 Å². The van der Waals surface area contributed by atoms with Crippen molar-refractivity contribution in [1.29, 1.82) is 0 Å². The number of aliphatic hydroxyl groups excluding tert-OH is 1. The molecule has 1 aliphatic rings. The molecule has 1 aliphatic heterocycles. The lowest BCUT2D eigenvalue weighted by molar-refractivity contribution is -0.132. The number of nitrogens with zero attached hydrogens (tertiary/aromatic N) is 1. The average molecular weight is 456 g/mol. The molecule has 5 nitrogen and oxygen atoms in total. The van der Waals surface area contributed by atoms with Gasteiger partial charge in [-0.05, 0) is 54.1 Å². The Hall–Kier alpha value is -3.71. The zero-order valence-electron chi connectivity index (χ0n) is 16.7. The van der Waals surface area contributed by atoms with Gasteiger partial charge in [0.25, 0.3) is 11.7 Å². The standard InChI is InChI=1S/C24H16ClF2NO4/c1-32-17-9-10-19(25)18(12-17)22(29)20-21(13-5-7-14(26)8-6-13)28(24(31)23(20)30)16-4-2-3-15(27)11-16/h2-12,21,29H,1H3/b22-20+. The highest BCUT2D eigenvalue weighted by atomic mass is 35.5. The highest BCUT2D eigenvalue weighted by Crippen LogP contribution is 2.43. The van der Waals surface area contributed by atoms with Gasteiger partial charge in [0, 0.05) is 11.3 Å². The molecular formula is C24H16ClF2NO4. The maximum Gasteiger partial charge on any atom is 0.300 e. The van der Waals surface area contributed by atoms with E-state index in [1.54, 1.807) is 6.07 Å². The van der Waals surface area contributed by atoms with Crippen molar-refractivity contribution in [2.24, 2.45) is 0 Å². The number of hydrogen-bond acceptors (Lipinski definition) is 4. The fourth-order valence-corrected chi connectivity index (χ4v) is 3.85. The predicted octanol–water partition coefficient (Wildman–Crippen LogP) is 5.25. The van der Waals surface area contributed by atoms with Gasteiger partial charge in [0.1, 0.15) is 23.1 Å². The third-order valence-electron chi connectivity index (χ3n) is 5.15. The summed E-state index contributed by atoms with van der Waals surface area (Å²) in [7, 11) is 1.43. The number of amides is 1. The number of carbonyl (C=O) groups is 2. The Morgan fingerprint density at radius 1 is 1.00 bits per heavy atom. The summed E-state index contributed by atoms with van der Waals surface area (Å²) in [6, 6.07) is 13.6. The lowest BCUT2D eigenvalue weighted by atomic mass is 9.95. The van der Waals surface area contributed by atoms with Crippen molar-refractivity contribution in [1.82, 2.24) is 0 Å². The maximum absolute atomic E-state index is 13.9. The van der Waals surface area contributed by atoms with Crippen LogP contribution in [-0.4, -0.2) is 23.9 Å². The Bertz CT molecular complexity index is 1260. The molecule has 0 aliphatic carbocycles. The van der Waals surface area contributed by atoms with E-state index in [4.69, 9.17) is 16.3 Å². The molecule has 4 rings (SSSR count). The molecule has 0 aromatic heterocycles. The SMILES string of the molecule is COc1ccc(Cl)c(/C(O)=C2\C(=O)C(=O)N(c3cccc(F)c3)C2c2ccc(F)cc2)c1. The number of methoxy groups -OCH3 is 1. The molecule has 1 heterocycles. The van der Waals surface area contributed by atoms with E-state index in [0.717, 1.165) is 11.0 Å². The van der Waals surface area contributed by atoms with Crippen LogP contribution < -0.4 is 9.64 Å². The second kappa shape index (κ2) is 8.43. The van der Waals surface area contributed by atoms with Gasteiger partial charge in [-0.25, -0.2) is 8.78 Å². The van der Waals surface area contributed by atoms with Gasteiger partial charge < -0.3 is 9.84 Å². The molecule has 3 aromatic rings. The van der Waals surface area contributed by atoms with Gasteiger partial charge in [-0.2, -0.15) is 0 Å². The first-order valence-electron chi connectivity index (χ1n) is 9.47. The summed E-state index contributed by atoms with van der Waals surface area (Å²) in [5, 5.41) is 11.2. The highest BCUT2D eigenvalue weighted by Gasteiger charge is 2.47. The summed E-state index contributed by atoms with van der Waals surface area (Å²) in [6.45, 7) is 0. The molecule has 1 fully saturated rings. The van der Waals surface area contributed by atoms with E-state index in [1.165, 1.54) is 61.7 Å². The summed E-state index contributed by atoms with van der Waals surface area (Å²) in [4.78, 5) is 27.1. The molecule has 3 aromatic carbocycles. The van der Waals surface area contributed by atoms with Crippen molar-refractivity contribution in [3.8, 4) is 5.75 Å². The molecule has 0 radical (unpaired) electrons. The van der Waals surface area contributed by atoms with E-state index in [0.29, 0.717) is 11.3 Å². The topological polar surface area (TPSA) is 66.8 Å². The van der Waals surface area contributed by atoms with Crippen LogP contribution in [-0.2, 0) is 9.59 Å². The molecule has 1 amide bonds.